The lowest BCUT2D eigenvalue weighted by Crippen LogP contribution is -2.13. The van der Waals surface area contributed by atoms with Crippen molar-refractivity contribution in [1.82, 2.24) is 14.8 Å². The number of aromatic nitrogens is 3. The predicted molar refractivity (Wildman–Crippen MR) is 66.6 cm³/mol. The molecular weight excluding hydrogens is 296 g/mol. The van der Waals surface area contributed by atoms with E-state index in [-0.39, 0.29) is 5.95 Å². The minimum Gasteiger partial charge on any atom is -0.390 e. The monoisotopic (exact) mass is 308 g/mol. The zero-order chi connectivity index (χ0) is 12.1. The second kappa shape index (κ2) is 6.19. The summed E-state index contributed by atoms with van der Waals surface area (Å²) in [6.45, 7) is 2.69. The molecule has 0 aliphatic rings. The van der Waals surface area contributed by atoms with Crippen molar-refractivity contribution in [3.63, 3.8) is 0 Å². The number of hydrogen-bond acceptors (Lipinski definition) is 5. The highest BCUT2D eigenvalue weighted by Gasteiger charge is 2.21. The minimum atomic E-state index is -0.600. The molecule has 0 radical (unpaired) electrons. The van der Waals surface area contributed by atoms with Crippen LogP contribution in [0.3, 0.4) is 0 Å². The molecular formula is C8H13BrN4O2S. The van der Waals surface area contributed by atoms with E-state index < -0.39 is 4.92 Å². The Hall–Kier alpha value is -0.630. The van der Waals surface area contributed by atoms with Gasteiger partial charge in [-0.15, -0.1) is 0 Å². The van der Waals surface area contributed by atoms with Gasteiger partial charge in [-0.05, 0) is 28.0 Å². The molecule has 1 aromatic heterocycles. The molecule has 8 heteroatoms. The van der Waals surface area contributed by atoms with Crippen LogP contribution in [0.1, 0.15) is 19.8 Å². The van der Waals surface area contributed by atoms with Gasteiger partial charge < -0.3 is 10.1 Å². The van der Waals surface area contributed by atoms with Crippen LogP contribution in [0.5, 0.6) is 0 Å². The van der Waals surface area contributed by atoms with Crippen molar-refractivity contribution >= 4 is 34.5 Å². The average molecular weight is 309 g/mol. The first kappa shape index (κ1) is 13.4. The lowest BCUT2D eigenvalue weighted by atomic mass is 10.1. The Kier molecular flexibility index (Phi) is 5.20. The molecule has 1 unspecified atom stereocenters. The summed E-state index contributed by atoms with van der Waals surface area (Å²) in [4.78, 5) is 13.6. The molecule has 0 aromatic carbocycles. The molecule has 6 nitrogen and oxygen atoms in total. The third kappa shape index (κ3) is 3.44. The molecule has 0 aliphatic carbocycles. The largest absolute Gasteiger partial charge is 0.492 e. The number of rotatable bonds is 6. The van der Waals surface area contributed by atoms with Crippen LogP contribution >= 0.6 is 28.6 Å². The minimum absolute atomic E-state index is 0.353. The topological polar surface area (TPSA) is 73.8 Å². The first-order valence-electron chi connectivity index (χ1n) is 4.94. The summed E-state index contributed by atoms with van der Waals surface area (Å²) in [6.07, 6.45) is 2.07. The molecule has 16 heavy (non-hydrogen) atoms. The van der Waals surface area contributed by atoms with Crippen molar-refractivity contribution < 1.29 is 4.92 Å². The third-order valence-electron chi connectivity index (χ3n) is 2.16. The summed E-state index contributed by atoms with van der Waals surface area (Å²) in [7, 11) is 0. The summed E-state index contributed by atoms with van der Waals surface area (Å²) in [6, 6.07) is 0. The Labute approximate surface area is 107 Å². The summed E-state index contributed by atoms with van der Waals surface area (Å²) < 4.78 is 1.90. The fourth-order valence-electron chi connectivity index (χ4n) is 1.40. The fraction of sp³-hybridized carbons (Fsp3) is 0.750. The maximum Gasteiger partial charge on any atom is 0.492 e. The van der Waals surface area contributed by atoms with Gasteiger partial charge in [-0.2, -0.15) is 17.3 Å². The van der Waals surface area contributed by atoms with E-state index >= 15 is 0 Å². The van der Waals surface area contributed by atoms with Gasteiger partial charge >= 0.3 is 5.95 Å². The van der Waals surface area contributed by atoms with E-state index in [1.807, 2.05) is 0 Å². The molecule has 0 amide bonds. The maximum absolute atomic E-state index is 10.5. The van der Waals surface area contributed by atoms with Crippen molar-refractivity contribution in [3.8, 4) is 0 Å². The van der Waals surface area contributed by atoms with Gasteiger partial charge in [-0.1, -0.05) is 13.3 Å². The van der Waals surface area contributed by atoms with Gasteiger partial charge in [0.2, 0.25) is 0 Å². The van der Waals surface area contributed by atoms with Gasteiger partial charge in [0.25, 0.3) is 4.73 Å². The lowest BCUT2D eigenvalue weighted by molar-refractivity contribution is -0.394. The van der Waals surface area contributed by atoms with Gasteiger partial charge in [0.05, 0.1) is 6.54 Å². The molecule has 1 atom stereocenters. The van der Waals surface area contributed by atoms with Crippen molar-refractivity contribution in [2.24, 2.45) is 5.92 Å². The van der Waals surface area contributed by atoms with Crippen molar-refractivity contribution in [2.75, 3.05) is 5.75 Å². The fourth-order valence-corrected chi connectivity index (χ4v) is 2.08. The predicted octanol–water partition coefficient (Wildman–Crippen LogP) is 2.29. The van der Waals surface area contributed by atoms with Crippen LogP contribution in [0.15, 0.2) is 4.73 Å². The Balaban J connectivity index is 2.75. The van der Waals surface area contributed by atoms with Crippen molar-refractivity contribution in [1.29, 1.82) is 0 Å². The van der Waals surface area contributed by atoms with Crippen LogP contribution in [-0.4, -0.2) is 25.4 Å². The van der Waals surface area contributed by atoms with Crippen molar-refractivity contribution in [3.05, 3.63) is 14.8 Å². The Morgan fingerprint density at radius 2 is 2.38 bits per heavy atom. The SMILES string of the molecule is CCCC(CS)Cn1nc([N+](=O)[O-])nc1Br. The van der Waals surface area contributed by atoms with E-state index in [0.29, 0.717) is 17.2 Å². The number of thiol groups is 1. The number of halogens is 1. The van der Waals surface area contributed by atoms with Crippen molar-refractivity contribution in [2.45, 2.75) is 26.3 Å². The first-order chi connectivity index (χ1) is 7.58. The highest BCUT2D eigenvalue weighted by atomic mass is 79.9. The third-order valence-corrected chi connectivity index (χ3v) is 3.27. The van der Waals surface area contributed by atoms with E-state index in [0.717, 1.165) is 18.6 Å². The van der Waals surface area contributed by atoms with Crippen LogP contribution in [0.4, 0.5) is 5.95 Å². The molecule has 0 spiro atoms. The van der Waals surface area contributed by atoms with Crippen LogP contribution < -0.4 is 0 Å². The van der Waals surface area contributed by atoms with E-state index in [2.05, 4.69) is 45.6 Å². The zero-order valence-corrected chi connectivity index (χ0v) is 11.3. The van der Waals surface area contributed by atoms with Gasteiger partial charge in [-0.25, -0.2) is 0 Å². The molecule has 0 saturated carbocycles. The van der Waals surface area contributed by atoms with E-state index in [1.165, 1.54) is 4.68 Å². The molecule has 0 saturated heterocycles. The quantitative estimate of drug-likeness (QED) is 0.497. The van der Waals surface area contributed by atoms with Gasteiger partial charge in [0.1, 0.15) is 0 Å². The van der Waals surface area contributed by atoms with E-state index in [9.17, 15) is 10.1 Å². The molecule has 0 fully saturated rings. The Bertz CT molecular complexity index is 371. The van der Waals surface area contributed by atoms with Crippen LogP contribution in [0.25, 0.3) is 0 Å². The lowest BCUT2D eigenvalue weighted by Gasteiger charge is -2.10. The Morgan fingerprint density at radius 1 is 1.69 bits per heavy atom. The molecule has 0 bridgehead atoms. The highest BCUT2D eigenvalue weighted by Crippen LogP contribution is 2.17. The smallest absolute Gasteiger partial charge is 0.390 e. The number of nitrogens with zero attached hydrogens (tertiary/aromatic N) is 4. The second-order valence-electron chi connectivity index (χ2n) is 3.46. The summed E-state index contributed by atoms with van der Waals surface area (Å²) in [5.41, 5.74) is 0. The van der Waals surface area contributed by atoms with E-state index in [4.69, 9.17) is 0 Å². The Morgan fingerprint density at radius 3 is 2.81 bits per heavy atom. The summed E-state index contributed by atoms with van der Waals surface area (Å²) in [5, 5.41) is 14.3. The van der Waals surface area contributed by atoms with Gasteiger partial charge in [-0.3, -0.25) is 0 Å². The molecule has 1 aromatic rings. The molecule has 0 N–H and O–H groups in total. The van der Waals surface area contributed by atoms with Crippen LogP contribution in [-0.2, 0) is 6.54 Å². The number of hydrogen-bond donors (Lipinski definition) is 1. The standard InChI is InChI=1S/C8H13BrN4O2S/c1-2-3-6(5-16)4-12-7(9)10-8(11-12)13(14)15/h6,16H,2-5H2,1H3. The van der Waals surface area contributed by atoms with Gasteiger partial charge in [0, 0.05) is 21.0 Å². The maximum atomic E-state index is 10.5. The molecule has 1 rings (SSSR count). The van der Waals surface area contributed by atoms with Crippen LogP contribution in [0.2, 0.25) is 0 Å². The van der Waals surface area contributed by atoms with Crippen LogP contribution in [0, 0.1) is 16.0 Å². The molecule has 1 heterocycles. The summed E-state index contributed by atoms with van der Waals surface area (Å²) >= 11 is 7.40. The normalized spacial score (nSPS) is 12.7. The first-order valence-corrected chi connectivity index (χ1v) is 6.36. The average Bonchev–Trinajstić information content (AvgIpc) is 2.60. The molecule has 90 valence electrons. The van der Waals surface area contributed by atoms with E-state index in [1.54, 1.807) is 0 Å². The van der Waals surface area contributed by atoms with Gasteiger partial charge in [0.15, 0.2) is 0 Å². The molecule has 0 aliphatic heterocycles. The zero-order valence-electron chi connectivity index (χ0n) is 8.84. The second-order valence-corrected chi connectivity index (χ2v) is 4.53. The summed E-state index contributed by atoms with van der Waals surface area (Å²) in [5.74, 6) is 0.709. The highest BCUT2D eigenvalue weighted by molar-refractivity contribution is 9.10. The number of nitro groups is 1.